The molecule has 0 amide bonds. The second-order valence-corrected chi connectivity index (χ2v) is 6.02. The lowest BCUT2D eigenvalue weighted by atomic mass is 10.0. The van der Waals surface area contributed by atoms with Gasteiger partial charge in [0.1, 0.15) is 5.01 Å². The molecule has 4 heteroatoms. The van der Waals surface area contributed by atoms with Gasteiger partial charge < -0.3 is 11.1 Å². The Bertz CT molecular complexity index is 506. The molecule has 0 fully saturated rings. The second kappa shape index (κ2) is 6.28. The van der Waals surface area contributed by atoms with Crippen molar-refractivity contribution in [3.63, 3.8) is 0 Å². The van der Waals surface area contributed by atoms with E-state index in [1.54, 1.807) is 11.3 Å². The lowest BCUT2D eigenvalue weighted by Crippen LogP contribution is -2.36. The van der Waals surface area contributed by atoms with Crippen molar-refractivity contribution in [1.29, 1.82) is 0 Å². The van der Waals surface area contributed by atoms with E-state index in [9.17, 15) is 0 Å². The summed E-state index contributed by atoms with van der Waals surface area (Å²) < 4.78 is 0. The van der Waals surface area contributed by atoms with Gasteiger partial charge in [-0.3, -0.25) is 0 Å². The predicted molar refractivity (Wildman–Crippen MR) is 81.2 cm³/mol. The fourth-order valence-electron chi connectivity index (χ4n) is 2.05. The van der Waals surface area contributed by atoms with Gasteiger partial charge >= 0.3 is 0 Å². The summed E-state index contributed by atoms with van der Waals surface area (Å²) in [5.74, 6) is 0. The molecule has 3 nitrogen and oxygen atoms in total. The summed E-state index contributed by atoms with van der Waals surface area (Å²) in [6, 6.07) is 8.46. The quantitative estimate of drug-likeness (QED) is 0.852. The second-order valence-electron chi connectivity index (χ2n) is 5.12. The first kappa shape index (κ1) is 14.2. The van der Waals surface area contributed by atoms with Crippen molar-refractivity contribution in [2.75, 3.05) is 6.54 Å². The van der Waals surface area contributed by atoms with E-state index >= 15 is 0 Å². The van der Waals surface area contributed by atoms with Crippen molar-refractivity contribution in [2.45, 2.75) is 32.4 Å². The maximum Gasteiger partial charge on any atom is 0.112 e. The number of nitrogens with two attached hydrogens (primary N) is 1. The monoisotopic (exact) mass is 275 g/mol. The van der Waals surface area contributed by atoms with Crippen molar-refractivity contribution in [2.24, 2.45) is 5.73 Å². The Hall–Kier alpha value is -1.23. The van der Waals surface area contributed by atoms with Gasteiger partial charge in [0, 0.05) is 18.1 Å². The maximum absolute atomic E-state index is 5.66. The molecule has 1 heterocycles. The van der Waals surface area contributed by atoms with E-state index in [1.165, 1.54) is 11.1 Å². The molecule has 3 N–H and O–H groups in total. The number of nitrogens with zero attached hydrogens (tertiary/aromatic N) is 1. The van der Waals surface area contributed by atoms with Crippen LogP contribution in [0.25, 0.3) is 0 Å². The molecular formula is C15H21N3S. The number of aromatic nitrogens is 1. The summed E-state index contributed by atoms with van der Waals surface area (Å²) in [5.41, 5.74) is 8.20. The van der Waals surface area contributed by atoms with Crippen LogP contribution >= 0.6 is 11.3 Å². The van der Waals surface area contributed by atoms with Gasteiger partial charge in [0.15, 0.2) is 0 Å². The van der Waals surface area contributed by atoms with E-state index in [2.05, 4.69) is 48.4 Å². The van der Waals surface area contributed by atoms with E-state index in [4.69, 9.17) is 5.73 Å². The van der Waals surface area contributed by atoms with Gasteiger partial charge in [-0.25, -0.2) is 4.98 Å². The third-order valence-corrected chi connectivity index (χ3v) is 4.32. The van der Waals surface area contributed by atoms with Crippen LogP contribution in [0.1, 0.15) is 30.0 Å². The van der Waals surface area contributed by atoms with Crippen LogP contribution in [0.5, 0.6) is 0 Å². The molecule has 1 aromatic heterocycles. The molecule has 0 bridgehead atoms. The highest BCUT2D eigenvalue weighted by Crippen LogP contribution is 2.23. The molecule has 0 spiro atoms. The van der Waals surface area contributed by atoms with Crippen molar-refractivity contribution in [3.8, 4) is 0 Å². The molecular weight excluding hydrogens is 254 g/mol. The average Bonchev–Trinajstić information content (AvgIpc) is 2.93. The minimum atomic E-state index is -0.107. The number of hydrogen-bond donors (Lipinski definition) is 2. The Balaban J connectivity index is 2.06. The molecule has 0 unspecified atom stereocenters. The first-order chi connectivity index (χ1) is 9.13. The summed E-state index contributed by atoms with van der Waals surface area (Å²) in [6.07, 6.45) is 2.78. The summed E-state index contributed by atoms with van der Waals surface area (Å²) in [6.45, 7) is 5.85. The Morgan fingerprint density at radius 3 is 2.63 bits per heavy atom. The molecule has 1 aromatic carbocycles. The standard InChI is InChI=1S/C15H21N3S/c1-15(2,14-17-9-10-19-14)18-11-13-6-4-3-5-12(13)7-8-16/h3-6,9-10,18H,7-8,11,16H2,1-2H3. The van der Waals surface area contributed by atoms with Crippen LogP contribution in [0, 0.1) is 0 Å². The number of thiazole rings is 1. The molecule has 2 rings (SSSR count). The largest absolute Gasteiger partial charge is 0.330 e. The van der Waals surface area contributed by atoms with Gasteiger partial charge in [0.05, 0.1) is 5.54 Å². The first-order valence-corrected chi connectivity index (χ1v) is 7.43. The highest BCUT2D eigenvalue weighted by atomic mass is 32.1. The van der Waals surface area contributed by atoms with Crippen molar-refractivity contribution in [3.05, 3.63) is 52.0 Å². The molecule has 0 atom stereocenters. The number of nitrogens with one attached hydrogen (secondary N) is 1. The number of hydrogen-bond acceptors (Lipinski definition) is 4. The zero-order valence-corrected chi connectivity index (χ0v) is 12.3. The highest BCUT2D eigenvalue weighted by molar-refractivity contribution is 7.09. The predicted octanol–water partition coefficient (Wildman–Crippen LogP) is 2.67. The van der Waals surface area contributed by atoms with Crippen LogP contribution in [-0.4, -0.2) is 11.5 Å². The fraction of sp³-hybridized carbons (Fsp3) is 0.400. The Morgan fingerprint density at radius 2 is 2.00 bits per heavy atom. The summed E-state index contributed by atoms with van der Waals surface area (Å²) in [4.78, 5) is 4.39. The molecule has 102 valence electrons. The molecule has 0 radical (unpaired) electrons. The van der Waals surface area contributed by atoms with Gasteiger partial charge in [-0.15, -0.1) is 11.3 Å². The highest BCUT2D eigenvalue weighted by Gasteiger charge is 2.22. The van der Waals surface area contributed by atoms with Gasteiger partial charge in [-0.1, -0.05) is 24.3 Å². The van der Waals surface area contributed by atoms with E-state index in [1.807, 2.05) is 11.6 Å². The zero-order chi connectivity index (χ0) is 13.7. The van der Waals surface area contributed by atoms with Crippen LogP contribution in [0.3, 0.4) is 0 Å². The zero-order valence-electron chi connectivity index (χ0n) is 11.5. The normalized spacial score (nSPS) is 11.7. The third-order valence-electron chi connectivity index (χ3n) is 3.22. The van der Waals surface area contributed by atoms with Crippen molar-refractivity contribution < 1.29 is 0 Å². The maximum atomic E-state index is 5.66. The van der Waals surface area contributed by atoms with Crippen molar-refractivity contribution >= 4 is 11.3 Å². The van der Waals surface area contributed by atoms with E-state index in [-0.39, 0.29) is 5.54 Å². The summed E-state index contributed by atoms with van der Waals surface area (Å²) >= 11 is 1.69. The Kier molecular flexibility index (Phi) is 4.69. The molecule has 0 saturated heterocycles. The molecule has 0 saturated carbocycles. The summed E-state index contributed by atoms with van der Waals surface area (Å²) in [7, 11) is 0. The van der Waals surface area contributed by atoms with Crippen LogP contribution in [0.2, 0.25) is 0 Å². The molecule has 19 heavy (non-hydrogen) atoms. The molecule has 0 aliphatic heterocycles. The molecule has 2 aromatic rings. The van der Waals surface area contributed by atoms with Gasteiger partial charge in [0.25, 0.3) is 0 Å². The SMILES string of the molecule is CC(C)(NCc1ccccc1CCN)c1nccs1. The topological polar surface area (TPSA) is 50.9 Å². The van der Waals surface area contributed by atoms with Crippen LogP contribution in [0.15, 0.2) is 35.8 Å². The van der Waals surface area contributed by atoms with Gasteiger partial charge in [-0.05, 0) is 37.9 Å². The first-order valence-electron chi connectivity index (χ1n) is 6.55. The number of rotatable bonds is 6. The minimum absolute atomic E-state index is 0.107. The summed E-state index contributed by atoms with van der Waals surface area (Å²) in [5, 5.41) is 6.71. The minimum Gasteiger partial charge on any atom is -0.330 e. The fourth-order valence-corrected chi connectivity index (χ4v) is 2.79. The van der Waals surface area contributed by atoms with Crippen LogP contribution in [-0.2, 0) is 18.5 Å². The van der Waals surface area contributed by atoms with Crippen LogP contribution in [0.4, 0.5) is 0 Å². The smallest absolute Gasteiger partial charge is 0.112 e. The van der Waals surface area contributed by atoms with Gasteiger partial charge in [-0.2, -0.15) is 0 Å². The lowest BCUT2D eigenvalue weighted by Gasteiger charge is -2.24. The van der Waals surface area contributed by atoms with E-state index < -0.39 is 0 Å². The average molecular weight is 275 g/mol. The van der Waals surface area contributed by atoms with Gasteiger partial charge in [0.2, 0.25) is 0 Å². The number of benzene rings is 1. The van der Waals surface area contributed by atoms with E-state index in [0.29, 0.717) is 6.54 Å². The molecule has 0 aliphatic rings. The Labute approximate surface area is 118 Å². The Morgan fingerprint density at radius 1 is 1.26 bits per heavy atom. The van der Waals surface area contributed by atoms with E-state index in [0.717, 1.165) is 18.0 Å². The third kappa shape index (κ3) is 3.62. The van der Waals surface area contributed by atoms with Crippen molar-refractivity contribution in [1.82, 2.24) is 10.3 Å². The van der Waals surface area contributed by atoms with Crippen LogP contribution < -0.4 is 11.1 Å². The lowest BCUT2D eigenvalue weighted by molar-refractivity contribution is 0.398. The molecule has 0 aliphatic carbocycles.